The predicted molar refractivity (Wildman–Crippen MR) is 69.2 cm³/mol. The summed E-state index contributed by atoms with van der Waals surface area (Å²) in [6.07, 6.45) is 4.04. The third kappa shape index (κ3) is 4.64. The Bertz CT molecular complexity index is 227. The third-order valence-corrected chi connectivity index (χ3v) is 3.65. The number of carboxylic acids is 1. The van der Waals surface area contributed by atoms with Gasteiger partial charge in [-0.1, -0.05) is 20.3 Å². The Balaban J connectivity index is 2.51. The van der Waals surface area contributed by atoms with Gasteiger partial charge in [0.1, 0.15) is 6.04 Å². The second-order valence-electron chi connectivity index (χ2n) is 4.92. The molecule has 1 fully saturated rings. The summed E-state index contributed by atoms with van der Waals surface area (Å²) in [4.78, 5) is 13.4. The highest BCUT2D eigenvalue weighted by molar-refractivity contribution is 5.73. The van der Waals surface area contributed by atoms with Gasteiger partial charge in [-0.15, -0.1) is 0 Å². The number of likely N-dealkylation sites (N-methyl/N-ethyl adjacent to an activating group) is 1. The zero-order valence-electron chi connectivity index (χ0n) is 11.1. The first-order chi connectivity index (χ1) is 8.19. The van der Waals surface area contributed by atoms with Crippen LogP contribution in [0.1, 0.15) is 39.5 Å². The largest absolute Gasteiger partial charge is 0.480 e. The molecule has 17 heavy (non-hydrogen) atoms. The Morgan fingerprint density at radius 1 is 1.41 bits per heavy atom. The van der Waals surface area contributed by atoms with Crippen LogP contribution in [-0.4, -0.2) is 48.2 Å². The molecule has 0 aliphatic carbocycles. The first-order valence-electron chi connectivity index (χ1n) is 6.86. The van der Waals surface area contributed by atoms with E-state index in [0.29, 0.717) is 5.92 Å². The Kier molecular flexibility index (Phi) is 6.52. The minimum atomic E-state index is -0.664. The molecule has 1 saturated heterocycles. The molecule has 0 aromatic rings. The maximum atomic E-state index is 11.3. The van der Waals surface area contributed by atoms with Crippen molar-refractivity contribution in [2.24, 2.45) is 5.92 Å². The van der Waals surface area contributed by atoms with Crippen LogP contribution in [0.5, 0.6) is 0 Å². The minimum Gasteiger partial charge on any atom is -0.480 e. The summed E-state index contributed by atoms with van der Waals surface area (Å²) >= 11 is 0. The van der Waals surface area contributed by atoms with Crippen molar-refractivity contribution in [3.8, 4) is 0 Å². The first-order valence-corrected chi connectivity index (χ1v) is 6.86. The predicted octanol–water partition coefficient (Wildman–Crippen LogP) is 1.56. The minimum absolute atomic E-state index is 0.292. The number of carboxylic acid groups (broad SMARTS) is 1. The molecule has 0 bridgehead atoms. The lowest BCUT2D eigenvalue weighted by molar-refractivity contribution is -0.143. The number of aliphatic carboxylic acids is 1. The highest BCUT2D eigenvalue weighted by Gasteiger charge is 2.26. The summed E-state index contributed by atoms with van der Waals surface area (Å²) in [7, 11) is 0. The molecule has 0 aromatic carbocycles. The summed E-state index contributed by atoms with van der Waals surface area (Å²) in [6.45, 7) is 8.04. The molecule has 0 spiro atoms. The van der Waals surface area contributed by atoms with Gasteiger partial charge >= 0.3 is 5.97 Å². The van der Waals surface area contributed by atoms with Gasteiger partial charge in [-0.2, -0.15) is 0 Å². The van der Waals surface area contributed by atoms with Crippen LogP contribution in [0, 0.1) is 5.92 Å². The van der Waals surface area contributed by atoms with Gasteiger partial charge in [0.25, 0.3) is 0 Å². The summed E-state index contributed by atoms with van der Waals surface area (Å²) in [5.74, 6) is -0.00228. The van der Waals surface area contributed by atoms with Crippen LogP contribution in [0.15, 0.2) is 0 Å². The lowest BCUT2D eigenvalue weighted by atomic mass is 9.96. The number of hydrogen-bond acceptors (Lipinski definition) is 3. The second-order valence-corrected chi connectivity index (χ2v) is 4.92. The van der Waals surface area contributed by atoms with E-state index < -0.39 is 5.97 Å². The topological polar surface area (TPSA) is 52.6 Å². The van der Waals surface area contributed by atoms with E-state index in [0.717, 1.165) is 39.0 Å². The molecule has 1 unspecified atom stereocenters. The zero-order chi connectivity index (χ0) is 12.7. The maximum absolute atomic E-state index is 11.3. The van der Waals surface area contributed by atoms with Crippen LogP contribution in [0.3, 0.4) is 0 Å². The number of rotatable bonds is 7. The lowest BCUT2D eigenvalue weighted by Crippen LogP contribution is -2.45. The van der Waals surface area contributed by atoms with Crippen LogP contribution in [0.25, 0.3) is 0 Å². The molecule has 0 amide bonds. The number of nitrogens with zero attached hydrogens (tertiary/aromatic N) is 1. The standard InChI is InChI=1S/C13H26N2O2/c1-3-5-12(13(16)17)15(4-2)10-11-6-8-14-9-7-11/h11-12,14H,3-10H2,1-2H3,(H,16,17). The fraction of sp³-hybridized carbons (Fsp3) is 0.923. The van der Waals surface area contributed by atoms with E-state index >= 15 is 0 Å². The van der Waals surface area contributed by atoms with Crippen LogP contribution in [0.2, 0.25) is 0 Å². The molecule has 0 aromatic heterocycles. The highest BCUT2D eigenvalue weighted by atomic mass is 16.4. The van der Waals surface area contributed by atoms with E-state index in [1.807, 2.05) is 6.92 Å². The van der Waals surface area contributed by atoms with E-state index in [2.05, 4.69) is 17.1 Å². The van der Waals surface area contributed by atoms with Crippen LogP contribution >= 0.6 is 0 Å². The van der Waals surface area contributed by atoms with Gasteiger partial charge in [-0.25, -0.2) is 0 Å². The number of nitrogens with one attached hydrogen (secondary N) is 1. The number of carbonyl (C=O) groups is 1. The van der Waals surface area contributed by atoms with E-state index in [-0.39, 0.29) is 6.04 Å². The molecular formula is C13H26N2O2. The Labute approximate surface area is 104 Å². The van der Waals surface area contributed by atoms with Crippen molar-refractivity contribution in [2.45, 2.75) is 45.6 Å². The molecule has 2 N–H and O–H groups in total. The number of hydrogen-bond donors (Lipinski definition) is 2. The Hall–Kier alpha value is -0.610. The van der Waals surface area contributed by atoms with Crippen molar-refractivity contribution in [3.05, 3.63) is 0 Å². The van der Waals surface area contributed by atoms with Crippen LogP contribution in [-0.2, 0) is 4.79 Å². The molecule has 100 valence electrons. The highest BCUT2D eigenvalue weighted by Crippen LogP contribution is 2.17. The van der Waals surface area contributed by atoms with E-state index in [4.69, 9.17) is 0 Å². The monoisotopic (exact) mass is 242 g/mol. The van der Waals surface area contributed by atoms with Crippen LogP contribution in [0.4, 0.5) is 0 Å². The summed E-state index contributed by atoms with van der Waals surface area (Å²) in [5.41, 5.74) is 0. The van der Waals surface area contributed by atoms with Gasteiger partial charge in [0.05, 0.1) is 0 Å². The first kappa shape index (κ1) is 14.5. The summed E-state index contributed by atoms with van der Waals surface area (Å²) in [5, 5.41) is 12.6. The van der Waals surface area contributed by atoms with Gasteiger partial charge in [0, 0.05) is 6.54 Å². The molecule has 1 atom stereocenters. The SMILES string of the molecule is CCCC(C(=O)O)N(CC)CC1CCNCC1. The van der Waals surface area contributed by atoms with Gasteiger partial charge in [-0.05, 0) is 44.8 Å². The van der Waals surface area contributed by atoms with Gasteiger partial charge < -0.3 is 10.4 Å². The quantitative estimate of drug-likeness (QED) is 0.711. The number of piperidine rings is 1. The third-order valence-electron chi connectivity index (χ3n) is 3.65. The second kappa shape index (κ2) is 7.67. The smallest absolute Gasteiger partial charge is 0.320 e. The van der Waals surface area contributed by atoms with Crippen molar-refractivity contribution in [1.82, 2.24) is 10.2 Å². The molecule has 0 saturated carbocycles. The van der Waals surface area contributed by atoms with E-state index in [1.165, 1.54) is 12.8 Å². The Morgan fingerprint density at radius 2 is 2.06 bits per heavy atom. The normalized spacial score (nSPS) is 19.5. The van der Waals surface area contributed by atoms with Crippen molar-refractivity contribution in [1.29, 1.82) is 0 Å². The molecule has 1 aliphatic rings. The van der Waals surface area contributed by atoms with Crippen molar-refractivity contribution in [2.75, 3.05) is 26.2 Å². The molecular weight excluding hydrogens is 216 g/mol. The van der Waals surface area contributed by atoms with E-state index in [1.54, 1.807) is 0 Å². The maximum Gasteiger partial charge on any atom is 0.320 e. The zero-order valence-corrected chi connectivity index (χ0v) is 11.1. The van der Waals surface area contributed by atoms with E-state index in [9.17, 15) is 9.90 Å². The molecule has 0 radical (unpaired) electrons. The molecule has 1 heterocycles. The average Bonchev–Trinajstić information content (AvgIpc) is 2.34. The Morgan fingerprint density at radius 3 is 2.53 bits per heavy atom. The summed E-state index contributed by atoms with van der Waals surface area (Å²) in [6, 6.07) is -0.292. The van der Waals surface area contributed by atoms with Crippen molar-refractivity contribution in [3.63, 3.8) is 0 Å². The van der Waals surface area contributed by atoms with Gasteiger partial charge in [-0.3, -0.25) is 9.69 Å². The average molecular weight is 242 g/mol. The van der Waals surface area contributed by atoms with Crippen molar-refractivity contribution < 1.29 is 9.90 Å². The molecule has 1 rings (SSSR count). The lowest BCUT2D eigenvalue weighted by Gasteiger charge is -2.33. The fourth-order valence-electron chi connectivity index (χ4n) is 2.61. The van der Waals surface area contributed by atoms with Gasteiger partial charge in [0.2, 0.25) is 0 Å². The molecule has 4 nitrogen and oxygen atoms in total. The van der Waals surface area contributed by atoms with Crippen molar-refractivity contribution >= 4 is 5.97 Å². The molecule has 4 heteroatoms. The summed E-state index contributed by atoms with van der Waals surface area (Å²) < 4.78 is 0. The molecule has 1 aliphatic heterocycles. The van der Waals surface area contributed by atoms with Gasteiger partial charge in [0.15, 0.2) is 0 Å². The fourth-order valence-corrected chi connectivity index (χ4v) is 2.61. The van der Waals surface area contributed by atoms with Crippen LogP contribution < -0.4 is 5.32 Å².